The summed E-state index contributed by atoms with van der Waals surface area (Å²) >= 11 is 0. The summed E-state index contributed by atoms with van der Waals surface area (Å²) in [6.07, 6.45) is 4.51. The van der Waals surface area contributed by atoms with Crippen molar-refractivity contribution in [3.8, 4) is 0 Å². The second-order valence-corrected chi connectivity index (χ2v) is 8.34. The fourth-order valence-corrected chi connectivity index (χ4v) is 4.39. The number of carboxylic acids is 1. The van der Waals surface area contributed by atoms with Crippen LogP contribution in [0.2, 0.25) is 0 Å². The molecule has 13 nitrogen and oxygen atoms in total. The number of hydrogen-bond acceptors (Lipinski definition) is 7. The first-order chi connectivity index (χ1) is 15.7. The molecule has 180 valence electrons. The number of H-pyrrole nitrogens is 1. The van der Waals surface area contributed by atoms with Gasteiger partial charge in [0.05, 0.1) is 18.8 Å². The molecule has 2 aliphatic heterocycles. The van der Waals surface area contributed by atoms with Crippen LogP contribution < -0.4 is 16.8 Å². The van der Waals surface area contributed by atoms with Crippen LogP contribution in [0.25, 0.3) is 0 Å². The number of primary amides is 1. The Kier molecular flexibility index (Phi) is 7.63. The summed E-state index contributed by atoms with van der Waals surface area (Å²) in [5, 5.41) is 11.9. The van der Waals surface area contributed by atoms with Gasteiger partial charge in [0, 0.05) is 31.4 Å². The lowest BCUT2D eigenvalue weighted by atomic mass is 10.1. The Balaban J connectivity index is 1.68. The lowest BCUT2D eigenvalue weighted by molar-refractivity contribution is -0.150. The number of aromatic nitrogens is 2. The van der Waals surface area contributed by atoms with Crippen LogP contribution in [0.4, 0.5) is 0 Å². The predicted octanol–water partition coefficient (Wildman–Crippen LogP) is -2.29. The van der Waals surface area contributed by atoms with Gasteiger partial charge in [-0.05, 0) is 25.7 Å². The van der Waals surface area contributed by atoms with Crippen LogP contribution in [0.15, 0.2) is 12.5 Å². The second-order valence-electron chi connectivity index (χ2n) is 8.34. The van der Waals surface area contributed by atoms with Crippen molar-refractivity contribution in [2.24, 2.45) is 11.5 Å². The van der Waals surface area contributed by atoms with Crippen LogP contribution >= 0.6 is 0 Å². The number of nitrogens with two attached hydrogens (primary N) is 2. The smallest absolute Gasteiger partial charge is 0.326 e. The van der Waals surface area contributed by atoms with Crippen LogP contribution in [-0.2, 0) is 30.4 Å². The summed E-state index contributed by atoms with van der Waals surface area (Å²) in [6.45, 7) is 0.534. The van der Waals surface area contributed by atoms with E-state index in [9.17, 15) is 29.1 Å². The molecule has 0 aromatic carbocycles. The summed E-state index contributed by atoms with van der Waals surface area (Å²) < 4.78 is 0. The van der Waals surface area contributed by atoms with Crippen molar-refractivity contribution in [3.05, 3.63) is 18.2 Å². The molecule has 0 aliphatic carbocycles. The molecule has 2 fully saturated rings. The predicted molar refractivity (Wildman–Crippen MR) is 113 cm³/mol. The number of nitrogens with zero attached hydrogens (tertiary/aromatic N) is 3. The molecule has 2 saturated heterocycles. The van der Waals surface area contributed by atoms with Gasteiger partial charge < -0.3 is 36.7 Å². The van der Waals surface area contributed by atoms with Crippen molar-refractivity contribution in [2.75, 3.05) is 13.1 Å². The number of aliphatic carboxylic acids is 1. The summed E-state index contributed by atoms with van der Waals surface area (Å²) in [6, 6.07) is -4.08. The minimum absolute atomic E-state index is 0.206. The number of likely N-dealkylation sites (tertiary alicyclic amines) is 2. The van der Waals surface area contributed by atoms with Crippen LogP contribution in [0, 0.1) is 0 Å². The Bertz CT molecular complexity index is 905. The Morgan fingerprint density at radius 2 is 1.76 bits per heavy atom. The minimum Gasteiger partial charge on any atom is -0.480 e. The number of carboxylic acid groups (broad SMARTS) is 1. The fraction of sp³-hybridized carbons (Fsp3) is 0.600. The Hall–Kier alpha value is -3.48. The maximum absolute atomic E-state index is 13.0. The number of carbonyl (C=O) groups is 5. The third-order valence-electron chi connectivity index (χ3n) is 5.99. The number of carbonyl (C=O) groups excluding carboxylic acids is 4. The first kappa shape index (κ1) is 24.2. The Morgan fingerprint density at radius 3 is 2.33 bits per heavy atom. The van der Waals surface area contributed by atoms with E-state index in [4.69, 9.17) is 11.5 Å². The van der Waals surface area contributed by atoms with E-state index in [-0.39, 0.29) is 19.4 Å². The zero-order chi connectivity index (χ0) is 24.1. The monoisotopic (exact) mass is 463 g/mol. The Morgan fingerprint density at radius 1 is 1.12 bits per heavy atom. The number of imidazole rings is 1. The molecule has 3 heterocycles. The van der Waals surface area contributed by atoms with Gasteiger partial charge in [-0.25, -0.2) is 9.78 Å². The lowest BCUT2D eigenvalue weighted by Gasteiger charge is -2.30. The van der Waals surface area contributed by atoms with Crippen molar-refractivity contribution in [2.45, 2.75) is 62.7 Å². The van der Waals surface area contributed by atoms with E-state index in [0.717, 1.165) is 4.90 Å². The van der Waals surface area contributed by atoms with E-state index in [1.807, 2.05) is 0 Å². The lowest BCUT2D eigenvalue weighted by Crippen LogP contribution is -2.57. The number of aromatic amines is 1. The molecule has 0 spiro atoms. The van der Waals surface area contributed by atoms with Gasteiger partial charge in [-0.3, -0.25) is 19.2 Å². The highest BCUT2D eigenvalue weighted by atomic mass is 16.4. The topological polar surface area (TPSA) is 205 Å². The number of hydrogen-bond donors (Lipinski definition) is 5. The molecular weight excluding hydrogens is 434 g/mol. The maximum atomic E-state index is 13.0. The number of nitrogens with one attached hydrogen (secondary N) is 2. The molecule has 1 aromatic rings. The molecule has 0 bridgehead atoms. The van der Waals surface area contributed by atoms with Crippen molar-refractivity contribution in [1.29, 1.82) is 0 Å². The highest BCUT2D eigenvalue weighted by molar-refractivity contribution is 5.96. The van der Waals surface area contributed by atoms with Crippen LogP contribution in [0.1, 0.15) is 37.8 Å². The molecule has 4 amide bonds. The molecule has 4 unspecified atom stereocenters. The van der Waals surface area contributed by atoms with Gasteiger partial charge in [-0.1, -0.05) is 0 Å². The molecular formula is C20H29N7O6. The zero-order valence-corrected chi connectivity index (χ0v) is 18.1. The van der Waals surface area contributed by atoms with E-state index in [2.05, 4.69) is 15.3 Å². The highest BCUT2D eigenvalue weighted by Crippen LogP contribution is 2.21. The first-order valence-corrected chi connectivity index (χ1v) is 10.8. The molecule has 1 aromatic heterocycles. The van der Waals surface area contributed by atoms with E-state index in [0.29, 0.717) is 31.5 Å². The standard InChI is InChI=1S/C20H29N7O6/c21-12(7-11-9-23-10-24-11)18(30)26-5-1-3-14(26)17(29)25-13(8-16(22)28)19(31)27-6-2-4-15(27)20(32)33/h9-10,12-15H,1-8,21H2,(H2,22,28)(H,23,24)(H,25,29)(H,32,33). The van der Waals surface area contributed by atoms with Gasteiger partial charge in [0.1, 0.15) is 18.1 Å². The zero-order valence-electron chi connectivity index (χ0n) is 18.1. The average Bonchev–Trinajstić information content (AvgIpc) is 3.52. The molecule has 3 rings (SSSR count). The van der Waals surface area contributed by atoms with Gasteiger partial charge in [0.15, 0.2) is 0 Å². The molecule has 33 heavy (non-hydrogen) atoms. The summed E-state index contributed by atoms with van der Waals surface area (Å²) in [5.74, 6) is -3.67. The first-order valence-electron chi connectivity index (χ1n) is 10.8. The second kappa shape index (κ2) is 10.4. The van der Waals surface area contributed by atoms with E-state index in [1.165, 1.54) is 11.2 Å². The molecule has 4 atom stereocenters. The Labute approximate surface area is 189 Å². The SMILES string of the molecule is NC(=O)CC(NC(=O)C1CCCN1C(=O)C(N)Cc1cnc[nH]1)C(=O)N1CCCC1C(=O)O. The summed E-state index contributed by atoms with van der Waals surface area (Å²) in [4.78, 5) is 71.2. The van der Waals surface area contributed by atoms with Crippen molar-refractivity contribution in [3.63, 3.8) is 0 Å². The molecule has 0 saturated carbocycles. The third kappa shape index (κ3) is 5.66. The normalized spacial score (nSPS) is 22.1. The third-order valence-corrected chi connectivity index (χ3v) is 5.99. The summed E-state index contributed by atoms with van der Waals surface area (Å²) in [5.41, 5.74) is 12.0. The van der Waals surface area contributed by atoms with Gasteiger partial charge >= 0.3 is 5.97 Å². The molecule has 13 heteroatoms. The average molecular weight is 463 g/mol. The van der Waals surface area contributed by atoms with Crippen LogP contribution in [0.5, 0.6) is 0 Å². The quantitative estimate of drug-likeness (QED) is 0.269. The minimum atomic E-state index is -1.31. The van der Waals surface area contributed by atoms with E-state index >= 15 is 0 Å². The number of amides is 4. The van der Waals surface area contributed by atoms with Crippen molar-refractivity contribution < 1.29 is 29.1 Å². The van der Waals surface area contributed by atoms with Gasteiger partial charge in [0.2, 0.25) is 23.6 Å². The summed E-state index contributed by atoms with van der Waals surface area (Å²) in [7, 11) is 0. The van der Waals surface area contributed by atoms with Crippen LogP contribution in [0.3, 0.4) is 0 Å². The highest BCUT2D eigenvalue weighted by Gasteiger charge is 2.41. The van der Waals surface area contributed by atoms with Crippen molar-refractivity contribution >= 4 is 29.6 Å². The molecule has 2 aliphatic rings. The maximum Gasteiger partial charge on any atom is 0.326 e. The molecule has 0 radical (unpaired) electrons. The van der Waals surface area contributed by atoms with Gasteiger partial charge in [-0.2, -0.15) is 0 Å². The van der Waals surface area contributed by atoms with Crippen molar-refractivity contribution in [1.82, 2.24) is 25.1 Å². The fourth-order valence-electron chi connectivity index (χ4n) is 4.39. The van der Waals surface area contributed by atoms with Gasteiger partial charge in [-0.15, -0.1) is 0 Å². The van der Waals surface area contributed by atoms with Crippen LogP contribution in [-0.4, -0.2) is 91.7 Å². The number of rotatable bonds is 9. The van der Waals surface area contributed by atoms with E-state index in [1.54, 1.807) is 6.20 Å². The molecule has 7 N–H and O–H groups in total. The van der Waals surface area contributed by atoms with Gasteiger partial charge in [0.25, 0.3) is 0 Å². The van der Waals surface area contributed by atoms with E-state index < -0.39 is 60.2 Å². The largest absolute Gasteiger partial charge is 0.480 e.